The summed E-state index contributed by atoms with van der Waals surface area (Å²) in [6, 6.07) is 39.0. The number of anilines is 1. The molecule has 1 aromatic heterocycles. The minimum absolute atomic E-state index is 0.0698. The zero-order valence-corrected chi connectivity index (χ0v) is 21.4. The second-order valence-electron chi connectivity index (χ2n) is 9.81. The molecule has 4 aromatic carbocycles. The van der Waals surface area contributed by atoms with Crippen molar-refractivity contribution >= 4 is 11.9 Å². The molecule has 0 spiro atoms. The maximum absolute atomic E-state index is 16.4. The van der Waals surface area contributed by atoms with Crippen molar-refractivity contribution in [3.63, 3.8) is 0 Å². The Morgan fingerprint density at radius 1 is 0.795 bits per heavy atom. The standard InChI is InChI=1S/C31H27FN6O/c1-30(27(32)38(28(30)39)29-33-35-36-37(29)22-23-14-6-2-7-15-23)34-31(24-16-8-3-9-17-24,25-18-10-4-11-19-25)26-20-12-5-13-21-26/h2-21,27,34H,22H2,1H3. The van der Waals surface area contributed by atoms with Gasteiger partial charge in [-0.25, -0.2) is 14.0 Å². The molecule has 5 aromatic rings. The van der Waals surface area contributed by atoms with Crippen molar-refractivity contribution in [1.82, 2.24) is 25.5 Å². The lowest BCUT2D eigenvalue weighted by atomic mass is 9.73. The Morgan fingerprint density at radius 3 is 1.72 bits per heavy atom. The van der Waals surface area contributed by atoms with Crippen molar-refractivity contribution < 1.29 is 9.18 Å². The highest BCUT2D eigenvalue weighted by molar-refractivity contribution is 6.07. The van der Waals surface area contributed by atoms with Gasteiger partial charge in [0.25, 0.3) is 11.9 Å². The van der Waals surface area contributed by atoms with Gasteiger partial charge in [-0.3, -0.25) is 10.1 Å². The van der Waals surface area contributed by atoms with Gasteiger partial charge < -0.3 is 0 Å². The smallest absolute Gasteiger partial charge is 0.256 e. The lowest BCUT2D eigenvalue weighted by molar-refractivity contribution is -0.140. The topological polar surface area (TPSA) is 75.9 Å². The summed E-state index contributed by atoms with van der Waals surface area (Å²) in [5.41, 5.74) is 1.01. The highest BCUT2D eigenvalue weighted by Gasteiger charge is 2.63. The van der Waals surface area contributed by atoms with Crippen LogP contribution in [0, 0.1) is 0 Å². The van der Waals surface area contributed by atoms with E-state index < -0.39 is 23.3 Å². The van der Waals surface area contributed by atoms with Gasteiger partial charge in [0.15, 0.2) is 0 Å². The van der Waals surface area contributed by atoms with E-state index in [1.54, 1.807) is 6.92 Å². The minimum Gasteiger partial charge on any atom is -0.282 e. The van der Waals surface area contributed by atoms with Crippen molar-refractivity contribution in [2.75, 3.05) is 4.90 Å². The summed E-state index contributed by atoms with van der Waals surface area (Å²) in [5, 5.41) is 15.3. The fourth-order valence-corrected chi connectivity index (χ4v) is 5.35. The van der Waals surface area contributed by atoms with Gasteiger partial charge in [-0.15, -0.1) is 0 Å². The monoisotopic (exact) mass is 518 g/mol. The van der Waals surface area contributed by atoms with Crippen LogP contribution in [0.1, 0.15) is 29.2 Å². The number of nitrogens with one attached hydrogen (secondary N) is 1. The van der Waals surface area contributed by atoms with Crippen LogP contribution in [-0.2, 0) is 16.9 Å². The molecule has 0 aliphatic carbocycles. The molecule has 1 aliphatic heterocycles. The molecule has 39 heavy (non-hydrogen) atoms. The van der Waals surface area contributed by atoms with E-state index in [0.29, 0.717) is 6.54 Å². The molecule has 194 valence electrons. The number of carbonyl (C=O) groups excluding carboxylic acids is 1. The van der Waals surface area contributed by atoms with E-state index in [-0.39, 0.29) is 5.95 Å². The van der Waals surface area contributed by atoms with Crippen LogP contribution in [0.25, 0.3) is 0 Å². The third-order valence-corrected chi connectivity index (χ3v) is 7.34. The van der Waals surface area contributed by atoms with Gasteiger partial charge in [0, 0.05) is 0 Å². The van der Waals surface area contributed by atoms with Gasteiger partial charge in [-0.05, 0) is 39.6 Å². The predicted octanol–water partition coefficient (Wildman–Crippen LogP) is 4.70. The van der Waals surface area contributed by atoms with Crippen LogP contribution in [0.4, 0.5) is 10.3 Å². The van der Waals surface area contributed by atoms with Gasteiger partial charge >= 0.3 is 0 Å². The van der Waals surface area contributed by atoms with Crippen molar-refractivity contribution in [2.45, 2.75) is 30.8 Å². The Bertz CT molecular complexity index is 1470. The Kier molecular flexibility index (Phi) is 6.24. The molecule has 0 radical (unpaired) electrons. The Labute approximate surface area is 225 Å². The third kappa shape index (κ3) is 4.09. The molecule has 1 amide bonds. The van der Waals surface area contributed by atoms with Crippen molar-refractivity contribution in [2.24, 2.45) is 0 Å². The summed E-state index contributed by atoms with van der Waals surface area (Å²) < 4.78 is 17.8. The maximum Gasteiger partial charge on any atom is 0.256 e. The van der Waals surface area contributed by atoms with E-state index in [0.717, 1.165) is 27.2 Å². The number of carbonyl (C=O) groups is 1. The minimum atomic E-state index is -1.72. The highest BCUT2D eigenvalue weighted by Crippen LogP contribution is 2.44. The Hall–Kier alpha value is -4.69. The number of alkyl halides is 1. The van der Waals surface area contributed by atoms with Crippen molar-refractivity contribution in [3.8, 4) is 0 Å². The molecule has 7 nitrogen and oxygen atoms in total. The molecule has 6 rings (SSSR count). The lowest BCUT2D eigenvalue weighted by Gasteiger charge is -2.53. The summed E-state index contributed by atoms with van der Waals surface area (Å²) in [5.74, 6) is -0.383. The number of tetrazole rings is 1. The number of benzene rings is 4. The Balaban J connectivity index is 1.41. The molecular formula is C31H27FN6O. The molecule has 2 heterocycles. The molecule has 0 bridgehead atoms. The van der Waals surface area contributed by atoms with Crippen molar-refractivity contribution in [1.29, 1.82) is 0 Å². The average molecular weight is 519 g/mol. The highest BCUT2D eigenvalue weighted by atomic mass is 19.1. The van der Waals surface area contributed by atoms with Gasteiger partial charge in [-0.2, -0.15) is 0 Å². The third-order valence-electron chi connectivity index (χ3n) is 7.34. The number of halogens is 1. The first-order valence-corrected chi connectivity index (χ1v) is 12.8. The first-order chi connectivity index (χ1) is 19.0. The number of hydrogen-bond donors (Lipinski definition) is 1. The molecule has 2 unspecified atom stereocenters. The molecule has 0 saturated carbocycles. The summed E-state index contributed by atoms with van der Waals surface area (Å²) in [4.78, 5) is 14.9. The number of nitrogens with zero attached hydrogens (tertiary/aromatic N) is 5. The van der Waals surface area contributed by atoms with E-state index in [1.165, 1.54) is 4.68 Å². The second-order valence-corrected chi connectivity index (χ2v) is 9.81. The van der Waals surface area contributed by atoms with Gasteiger partial charge in [-0.1, -0.05) is 126 Å². The molecule has 1 N–H and O–H groups in total. The van der Waals surface area contributed by atoms with Crippen LogP contribution < -0.4 is 10.2 Å². The number of hydrogen-bond acceptors (Lipinski definition) is 5. The SMILES string of the molecule is CC1(NC(c2ccccc2)(c2ccccc2)c2ccccc2)C(=O)N(c2nnnn2Cc2ccccc2)C1F. The molecule has 8 heteroatoms. The predicted molar refractivity (Wildman–Crippen MR) is 146 cm³/mol. The number of β-lactam (4-membered cyclic amide) rings is 1. The van der Waals surface area contributed by atoms with Crippen LogP contribution in [0.15, 0.2) is 121 Å². The van der Waals surface area contributed by atoms with E-state index in [1.807, 2.05) is 121 Å². The van der Waals surface area contributed by atoms with Crippen LogP contribution >= 0.6 is 0 Å². The molecular weight excluding hydrogens is 491 g/mol. The van der Waals surface area contributed by atoms with E-state index in [9.17, 15) is 4.79 Å². The van der Waals surface area contributed by atoms with Crippen LogP contribution in [0.3, 0.4) is 0 Å². The van der Waals surface area contributed by atoms with E-state index in [4.69, 9.17) is 0 Å². The van der Waals surface area contributed by atoms with Gasteiger partial charge in [0.1, 0.15) is 5.54 Å². The summed E-state index contributed by atoms with van der Waals surface area (Å²) in [6.07, 6.45) is -1.72. The number of amides is 1. The number of rotatable bonds is 8. The number of aromatic nitrogens is 4. The Morgan fingerprint density at radius 2 is 1.26 bits per heavy atom. The summed E-state index contributed by atoms with van der Waals surface area (Å²) >= 11 is 0. The average Bonchev–Trinajstić information content (AvgIpc) is 3.45. The first kappa shape index (κ1) is 24.6. The van der Waals surface area contributed by atoms with Gasteiger partial charge in [0.2, 0.25) is 6.30 Å². The first-order valence-electron chi connectivity index (χ1n) is 12.8. The van der Waals surface area contributed by atoms with E-state index in [2.05, 4.69) is 20.8 Å². The molecule has 1 fully saturated rings. The van der Waals surface area contributed by atoms with Crippen LogP contribution in [-0.4, -0.2) is 37.9 Å². The van der Waals surface area contributed by atoms with Crippen molar-refractivity contribution in [3.05, 3.63) is 144 Å². The zero-order chi connectivity index (χ0) is 26.9. The summed E-state index contributed by atoms with van der Waals surface area (Å²) in [7, 11) is 0. The normalized spacial score (nSPS) is 19.1. The van der Waals surface area contributed by atoms with Gasteiger partial charge in [0.05, 0.1) is 12.1 Å². The molecule has 1 saturated heterocycles. The van der Waals surface area contributed by atoms with Crippen LogP contribution in [0.5, 0.6) is 0 Å². The fourth-order valence-electron chi connectivity index (χ4n) is 5.35. The van der Waals surface area contributed by atoms with E-state index >= 15 is 4.39 Å². The maximum atomic E-state index is 16.4. The summed E-state index contributed by atoms with van der Waals surface area (Å²) in [6.45, 7) is 1.91. The largest absolute Gasteiger partial charge is 0.282 e. The second kappa shape index (κ2) is 9.89. The fraction of sp³-hybridized carbons (Fsp3) is 0.161. The quantitative estimate of drug-likeness (QED) is 0.183. The molecule has 2 atom stereocenters. The van der Waals surface area contributed by atoms with Crippen LogP contribution in [0.2, 0.25) is 0 Å². The zero-order valence-electron chi connectivity index (χ0n) is 21.4. The lowest BCUT2D eigenvalue weighted by Crippen LogP contribution is -2.80. The molecule has 1 aliphatic rings.